The van der Waals surface area contributed by atoms with E-state index in [0.29, 0.717) is 13.0 Å². The fourth-order valence-corrected chi connectivity index (χ4v) is 4.29. The number of alkyl halides is 3. The lowest BCUT2D eigenvalue weighted by Crippen LogP contribution is -2.39. The Balaban J connectivity index is 1.94. The third-order valence-corrected chi connectivity index (χ3v) is 5.33. The van der Waals surface area contributed by atoms with Gasteiger partial charge in [-0.3, -0.25) is 9.69 Å². The van der Waals surface area contributed by atoms with Crippen molar-refractivity contribution >= 4 is 5.97 Å². The minimum absolute atomic E-state index is 0.226. The number of halogens is 3. The van der Waals surface area contributed by atoms with E-state index >= 15 is 0 Å². The molecule has 2 fully saturated rings. The second kappa shape index (κ2) is 4.72. The molecule has 0 aromatic heterocycles. The largest absolute Gasteiger partial charge is 0.481 e. The summed E-state index contributed by atoms with van der Waals surface area (Å²) in [5.41, 5.74) is -2.85. The first-order chi connectivity index (χ1) is 10.3. The number of carbonyl (C=O) groups is 1. The Kier molecular flexibility index (Phi) is 3.29. The number of carboxylic acid groups (broad SMARTS) is 1. The molecule has 1 aromatic carbocycles. The summed E-state index contributed by atoms with van der Waals surface area (Å²) in [5, 5.41) is 9.50. The van der Waals surface area contributed by atoms with Gasteiger partial charge in [-0.1, -0.05) is 37.3 Å². The topological polar surface area (TPSA) is 40.5 Å². The normalized spacial score (nSPS) is 34.5. The molecule has 0 spiro atoms. The van der Waals surface area contributed by atoms with E-state index in [1.807, 2.05) is 30.3 Å². The average Bonchev–Trinajstić information content (AvgIpc) is 3.05. The SMILES string of the molecule is CCC1N(Cc2ccccc2)CC2(C(F)(F)F)CC12C(=O)O. The second-order valence-corrected chi connectivity index (χ2v) is 6.35. The van der Waals surface area contributed by atoms with Gasteiger partial charge in [-0.05, 0) is 18.4 Å². The number of carboxylic acids is 1. The third-order valence-electron chi connectivity index (χ3n) is 5.33. The Morgan fingerprint density at radius 1 is 1.36 bits per heavy atom. The number of likely N-dealkylation sites (tertiary alicyclic amines) is 1. The van der Waals surface area contributed by atoms with Gasteiger partial charge < -0.3 is 5.11 Å². The van der Waals surface area contributed by atoms with E-state index in [-0.39, 0.29) is 13.0 Å². The summed E-state index contributed by atoms with van der Waals surface area (Å²) in [7, 11) is 0. The van der Waals surface area contributed by atoms with E-state index < -0.39 is 29.0 Å². The fourth-order valence-electron chi connectivity index (χ4n) is 4.29. The molecule has 1 N–H and O–H groups in total. The van der Waals surface area contributed by atoms with Crippen molar-refractivity contribution in [3.8, 4) is 0 Å². The smallest absolute Gasteiger partial charge is 0.396 e. The van der Waals surface area contributed by atoms with E-state index in [1.54, 1.807) is 11.8 Å². The zero-order chi connectivity index (χ0) is 16.2. The predicted molar refractivity (Wildman–Crippen MR) is 74.1 cm³/mol. The highest BCUT2D eigenvalue weighted by Gasteiger charge is 2.89. The maximum Gasteiger partial charge on any atom is 0.396 e. The van der Waals surface area contributed by atoms with Crippen LogP contribution in [0.4, 0.5) is 13.2 Å². The molecule has 3 nitrogen and oxygen atoms in total. The van der Waals surface area contributed by atoms with Crippen molar-refractivity contribution in [2.45, 2.75) is 38.5 Å². The lowest BCUT2D eigenvalue weighted by molar-refractivity contribution is -0.197. The number of aliphatic carboxylic acids is 1. The van der Waals surface area contributed by atoms with Crippen molar-refractivity contribution in [3.05, 3.63) is 35.9 Å². The number of nitrogens with zero attached hydrogens (tertiary/aromatic N) is 1. The number of fused-ring (bicyclic) bond motifs is 1. The molecule has 1 aromatic rings. The molecule has 0 amide bonds. The standard InChI is InChI=1S/C16H18F3NO2/c1-2-12-15(13(21)22)9-14(15,16(17,18)19)10-20(12)8-11-6-4-3-5-7-11/h3-7,12H,2,8-10H2,1H3,(H,21,22). The lowest BCUT2D eigenvalue weighted by Gasteiger charge is -2.29. The lowest BCUT2D eigenvalue weighted by atomic mass is 9.88. The highest BCUT2D eigenvalue weighted by molar-refractivity contribution is 5.82. The molecule has 22 heavy (non-hydrogen) atoms. The monoisotopic (exact) mass is 313 g/mol. The minimum atomic E-state index is -4.48. The number of benzene rings is 1. The zero-order valence-electron chi connectivity index (χ0n) is 12.2. The van der Waals surface area contributed by atoms with Crippen molar-refractivity contribution in [1.82, 2.24) is 4.90 Å². The van der Waals surface area contributed by atoms with Crippen LogP contribution in [0.15, 0.2) is 30.3 Å². The molecule has 1 aliphatic carbocycles. The Morgan fingerprint density at radius 2 is 2.00 bits per heavy atom. The average molecular weight is 313 g/mol. The quantitative estimate of drug-likeness (QED) is 0.927. The van der Waals surface area contributed by atoms with Crippen LogP contribution in [-0.4, -0.2) is 34.7 Å². The van der Waals surface area contributed by atoms with Crippen LogP contribution in [0.25, 0.3) is 0 Å². The molecule has 0 radical (unpaired) electrons. The van der Waals surface area contributed by atoms with Crippen molar-refractivity contribution in [3.63, 3.8) is 0 Å². The van der Waals surface area contributed by atoms with Crippen LogP contribution in [-0.2, 0) is 11.3 Å². The minimum Gasteiger partial charge on any atom is -0.481 e. The molecule has 6 heteroatoms. The van der Waals surface area contributed by atoms with E-state index in [9.17, 15) is 23.1 Å². The molecule has 3 atom stereocenters. The Hall–Kier alpha value is -1.56. The Bertz CT molecular complexity index is 589. The predicted octanol–water partition coefficient (Wildman–Crippen LogP) is 3.30. The summed E-state index contributed by atoms with van der Waals surface area (Å²) >= 11 is 0. The van der Waals surface area contributed by atoms with Gasteiger partial charge in [0.15, 0.2) is 0 Å². The van der Waals surface area contributed by atoms with Gasteiger partial charge in [0.05, 0.1) is 10.8 Å². The summed E-state index contributed by atoms with van der Waals surface area (Å²) in [5.74, 6) is -1.31. The Morgan fingerprint density at radius 3 is 2.50 bits per heavy atom. The maximum absolute atomic E-state index is 13.5. The van der Waals surface area contributed by atoms with Crippen LogP contribution in [0, 0.1) is 10.8 Å². The third kappa shape index (κ3) is 1.82. The first-order valence-corrected chi connectivity index (χ1v) is 7.36. The number of hydrogen-bond acceptors (Lipinski definition) is 2. The highest BCUT2D eigenvalue weighted by atomic mass is 19.4. The summed E-state index contributed by atoms with van der Waals surface area (Å²) in [6.07, 6.45) is -4.37. The molecule has 1 aliphatic heterocycles. The van der Waals surface area contributed by atoms with Crippen molar-refractivity contribution in [2.24, 2.45) is 10.8 Å². The van der Waals surface area contributed by atoms with E-state index in [4.69, 9.17) is 0 Å². The molecular formula is C16H18F3NO2. The number of hydrogen-bond donors (Lipinski definition) is 1. The summed E-state index contributed by atoms with van der Waals surface area (Å²) in [4.78, 5) is 13.4. The van der Waals surface area contributed by atoms with Gasteiger partial charge in [-0.15, -0.1) is 0 Å². The van der Waals surface area contributed by atoms with Crippen LogP contribution in [0.1, 0.15) is 25.3 Å². The van der Waals surface area contributed by atoms with Crippen LogP contribution in [0.3, 0.4) is 0 Å². The van der Waals surface area contributed by atoms with Crippen molar-refractivity contribution < 1.29 is 23.1 Å². The van der Waals surface area contributed by atoms with Gasteiger partial charge in [0.2, 0.25) is 0 Å². The zero-order valence-corrected chi connectivity index (χ0v) is 12.2. The molecule has 1 saturated carbocycles. The van der Waals surface area contributed by atoms with Crippen LogP contribution in [0.2, 0.25) is 0 Å². The summed E-state index contributed by atoms with van der Waals surface area (Å²) in [6.45, 7) is 1.89. The van der Waals surface area contributed by atoms with Gasteiger partial charge in [-0.2, -0.15) is 13.2 Å². The molecule has 3 rings (SSSR count). The van der Waals surface area contributed by atoms with Crippen LogP contribution < -0.4 is 0 Å². The van der Waals surface area contributed by atoms with Crippen molar-refractivity contribution in [1.29, 1.82) is 0 Å². The van der Waals surface area contributed by atoms with Crippen LogP contribution in [0.5, 0.6) is 0 Å². The first kappa shape index (κ1) is 15.3. The summed E-state index contributed by atoms with van der Waals surface area (Å²) < 4.78 is 40.6. The van der Waals surface area contributed by atoms with Crippen molar-refractivity contribution in [2.75, 3.05) is 6.54 Å². The number of piperidine rings is 1. The molecule has 3 unspecified atom stereocenters. The fraction of sp³-hybridized carbons (Fsp3) is 0.562. The molecule has 1 saturated heterocycles. The number of rotatable bonds is 4. The van der Waals surface area contributed by atoms with E-state index in [0.717, 1.165) is 5.56 Å². The van der Waals surface area contributed by atoms with Gasteiger partial charge in [0, 0.05) is 19.1 Å². The maximum atomic E-state index is 13.5. The van der Waals surface area contributed by atoms with E-state index in [1.165, 1.54) is 0 Å². The molecule has 0 bridgehead atoms. The first-order valence-electron chi connectivity index (χ1n) is 7.36. The Labute approximate surface area is 126 Å². The van der Waals surface area contributed by atoms with Gasteiger partial charge >= 0.3 is 12.1 Å². The highest BCUT2D eigenvalue weighted by Crippen LogP contribution is 2.77. The van der Waals surface area contributed by atoms with Gasteiger partial charge in [0.1, 0.15) is 0 Å². The summed E-state index contributed by atoms with van der Waals surface area (Å²) in [6, 6.07) is 8.64. The molecule has 120 valence electrons. The molecule has 2 aliphatic rings. The van der Waals surface area contributed by atoms with E-state index in [2.05, 4.69) is 0 Å². The second-order valence-electron chi connectivity index (χ2n) is 6.35. The van der Waals surface area contributed by atoms with Gasteiger partial charge in [-0.25, -0.2) is 0 Å². The van der Waals surface area contributed by atoms with Gasteiger partial charge in [0.25, 0.3) is 0 Å². The molecule has 1 heterocycles. The molecular weight excluding hydrogens is 295 g/mol. The van der Waals surface area contributed by atoms with Crippen LogP contribution >= 0.6 is 0 Å².